The molecule has 0 amide bonds. The first-order chi connectivity index (χ1) is 12.0. The Morgan fingerprint density at radius 3 is 2.32 bits per heavy atom. The third kappa shape index (κ3) is 4.66. The standard InChI is InChI=1S/C17H14F3N5/c18-17(19,20)13-6-8-14(9-7-13)23-16-24-15(11-22-25-16)21-10-12-4-2-1-3-5-12/h1-9,11H,10H2,(H2,21,23,24,25). The van der Waals surface area contributed by atoms with Crippen molar-refractivity contribution < 1.29 is 13.2 Å². The highest BCUT2D eigenvalue weighted by Crippen LogP contribution is 2.30. The Balaban J connectivity index is 1.65. The molecule has 1 aromatic heterocycles. The predicted molar refractivity (Wildman–Crippen MR) is 88.3 cm³/mol. The van der Waals surface area contributed by atoms with Gasteiger partial charge in [0.2, 0.25) is 5.95 Å². The summed E-state index contributed by atoms with van der Waals surface area (Å²) in [7, 11) is 0. The van der Waals surface area contributed by atoms with Crippen LogP contribution in [0.25, 0.3) is 0 Å². The molecule has 0 bridgehead atoms. The summed E-state index contributed by atoms with van der Waals surface area (Å²) < 4.78 is 37.7. The van der Waals surface area contributed by atoms with Crippen LogP contribution in [-0.2, 0) is 12.7 Å². The van der Waals surface area contributed by atoms with Crippen LogP contribution in [0.3, 0.4) is 0 Å². The van der Waals surface area contributed by atoms with Crippen LogP contribution in [0.1, 0.15) is 11.1 Å². The number of aromatic nitrogens is 3. The van der Waals surface area contributed by atoms with E-state index in [-0.39, 0.29) is 5.95 Å². The normalized spacial score (nSPS) is 11.2. The Kier molecular flexibility index (Phi) is 4.78. The first-order valence-corrected chi connectivity index (χ1v) is 7.42. The number of nitrogens with one attached hydrogen (secondary N) is 2. The summed E-state index contributed by atoms with van der Waals surface area (Å²) in [6, 6.07) is 14.4. The Morgan fingerprint density at radius 2 is 1.64 bits per heavy atom. The highest BCUT2D eigenvalue weighted by Gasteiger charge is 2.29. The predicted octanol–water partition coefficient (Wildman–Crippen LogP) is 4.25. The molecule has 3 aromatic rings. The quantitative estimate of drug-likeness (QED) is 0.724. The van der Waals surface area contributed by atoms with Crippen LogP contribution >= 0.6 is 0 Å². The summed E-state index contributed by atoms with van der Waals surface area (Å²) in [5.74, 6) is 0.700. The van der Waals surface area contributed by atoms with Gasteiger partial charge in [0.05, 0.1) is 11.8 Å². The molecule has 5 nitrogen and oxygen atoms in total. The van der Waals surface area contributed by atoms with Gasteiger partial charge in [-0.2, -0.15) is 23.3 Å². The van der Waals surface area contributed by atoms with Crippen LogP contribution in [0.2, 0.25) is 0 Å². The van der Waals surface area contributed by atoms with E-state index >= 15 is 0 Å². The summed E-state index contributed by atoms with van der Waals surface area (Å²) in [6.45, 7) is 0.569. The van der Waals surface area contributed by atoms with E-state index in [1.54, 1.807) is 0 Å². The van der Waals surface area contributed by atoms with Gasteiger partial charge in [0, 0.05) is 12.2 Å². The van der Waals surface area contributed by atoms with E-state index in [4.69, 9.17) is 0 Å². The largest absolute Gasteiger partial charge is 0.416 e. The van der Waals surface area contributed by atoms with E-state index in [0.717, 1.165) is 17.7 Å². The lowest BCUT2D eigenvalue weighted by atomic mass is 10.2. The molecular weight excluding hydrogens is 331 g/mol. The number of anilines is 3. The second kappa shape index (κ2) is 7.16. The fourth-order valence-electron chi connectivity index (χ4n) is 2.10. The fraction of sp³-hybridized carbons (Fsp3) is 0.118. The maximum Gasteiger partial charge on any atom is 0.416 e. The van der Waals surface area contributed by atoms with Gasteiger partial charge < -0.3 is 10.6 Å². The highest BCUT2D eigenvalue weighted by molar-refractivity contribution is 5.54. The molecule has 8 heteroatoms. The first kappa shape index (κ1) is 16.7. The van der Waals surface area contributed by atoms with E-state index in [1.165, 1.54) is 18.3 Å². The van der Waals surface area contributed by atoms with E-state index in [9.17, 15) is 13.2 Å². The van der Waals surface area contributed by atoms with Crippen LogP contribution in [-0.4, -0.2) is 15.2 Å². The van der Waals surface area contributed by atoms with Crippen LogP contribution in [0, 0.1) is 0 Å². The lowest BCUT2D eigenvalue weighted by Crippen LogP contribution is -2.06. The van der Waals surface area contributed by atoms with Crippen molar-refractivity contribution in [3.63, 3.8) is 0 Å². The minimum Gasteiger partial charge on any atom is -0.365 e. The molecule has 0 saturated heterocycles. The zero-order chi connectivity index (χ0) is 17.7. The summed E-state index contributed by atoms with van der Waals surface area (Å²) in [5, 5.41) is 13.6. The van der Waals surface area contributed by atoms with Gasteiger partial charge in [0.1, 0.15) is 0 Å². The average Bonchev–Trinajstić information content (AvgIpc) is 2.61. The van der Waals surface area contributed by atoms with Gasteiger partial charge in [-0.1, -0.05) is 30.3 Å². The van der Waals surface area contributed by atoms with Gasteiger partial charge in [0.25, 0.3) is 0 Å². The van der Waals surface area contributed by atoms with Crippen molar-refractivity contribution in [1.82, 2.24) is 15.2 Å². The second-order valence-electron chi connectivity index (χ2n) is 5.20. The Hall–Kier alpha value is -3.16. The molecule has 2 N–H and O–H groups in total. The van der Waals surface area contributed by atoms with Gasteiger partial charge in [-0.05, 0) is 29.8 Å². The molecule has 0 radical (unpaired) electrons. The topological polar surface area (TPSA) is 62.7 Å². The maximum atomic E-state index is 12.6. The van der Waals surface area contributed by atoms with Crippen LogP contribution in [0.4, 0.5) is 30.6 Å². The van der Waals surface area contributed by atoms with Crippen molar-refractivity contribution >= 4 is 17.5 Å². The molecule has 0 aliphatic rings. The number of halogens is 3. The minimum absolute atomic E-state index is 0.192. The molecule has 0 saturated carbocycles. The van der Waals surface area contributed by atoms with Crippen LogP contribution < -0.4 is 10.6 Å². The van der Waals surface area contributed by atoms with Crippen molar-refractivity contribution in [3.8, 4) is 0 Å². The number of rotatable bonds is 5. The molecule has 0 atom stereocenters. The molecule has 2 aromatic carbocycles. The van der Waals surface area contributed by atoms with Gasteiger partial charge in [-0.25, -0.2) is 0 Å². The van der Waals surface area contributed by atoms with E-state index in [0.29, 0.717) is 18.1 Å². The molecule has 25 heavy (non-hydrogen) atoms. The number of alkyl halides is 3. The summed E-state index contributed by atoms with van der Waals surface area (Å²) in [5.41, 5.74) is 0.809. The number of nitrogens with zero attached hydrogens (tertiary/aromatic N) is 3. The molecule has 0 unspecified atom stereocenters. The van der Waals surface area contributed by atoms with Crippen molar-refractivity contribution in [3.05, 3.63) is 71.9 Å². The number of hydrogen-bond acceptors (Lipinski definition) is 5. The Labute approximate surface area is 141 Å². The average molecular weight is 345 g/mol. The number of benzene rings is 2. The molecule has 0 aliphatic heterocycles. The maximum absolute atomic E-state index is 12.6. The third-order valence-corrected chi connectivity index (χ3v) is 3.34. The monoisotopic (exact) mass is 345 g/mol. The van der Waals surface area contributed by atoms with Gasteiger partial charge in [0.15, 0.2) is 5.82 Å². The first-order valence-electron chi connectivity index (χ1n) is 7.42. The van der Waals surface area contributed by atoms with E-state index < -0.39 is 11.7 Å². The zero-order valence-electron chi connectivity index (χ0n) is 13.0. The molecule has 3 rings (SSSR count). The summed E-state index contributed by atoms with van der Waals surface area (Å²) >= 11 is 0. The zero-order valence-corrected chi connectivity index (χ0v) is 13.0. The molecule has 0 aliphatic carbocycles. The lowest BCUT2D eigenvalue weighted by Gasteiger charge is -2.09. The highest BCUT2D eigenvalue weighted by atomic mass is 19.4. The molecular formula is C17H14F3N5. The fourth-order valence-corrected chi connectivity index (χ4v) is 2.10. The molecule has 0 spiro atoms. The second-order valence-corrected chi connectivity index (χ2v) is 5.20. The SMILES string of the molecule is FC(F)(F)c1ccc(Nc2nncc(NCc3ccccc3)n2)cc1. The van der Waals surface area contributed by atoms with Gasteiger partial charge in [-0.3, -0.25) is 0 Å². The smallest absolute Gasteiger partial charge is 0.365 e. The Bertz CT molecular complexity index is 820. The van der Waals surface area contributed by atoms with Crippen molar-refractivity contribution in [2.45, 2.75) is 12.7 Å². The van der Waals surface area contributed by atoms with E-state index in [2.05, 4.69) is 25.8 Å². The minimum atomic E-state index is -4.36. The van der Waals surface area contributed by atoms with Crippen LogP contribution in [0.15, 0.2) is 60.8 Å². The molecule has 1 heterocycles. The van der Waals surface area contributed by atoms with Crippen molar-refractivity contribution in [1.29, 1.82) is 0 Å². The number of hydrogen-bond donors (Lipinski definition) is 2. The molecule has 0 fully saturated rings. The van der Waals surface area contributed by atoms with Gasteiger partial charge >= 0.3 is 6.18 Å². The van der Waals surface area contributed by atoms with Crippen molar-refractivity contribution in [2.24, 2.45) is 0 Å². The van der Waals surface area contributed by atoms with Crippen molar-refractivity contribution in [2.75, 3.05) is 10.6 Å². The summed E-state index contributed by atoms with van der Waals surface area (Å²) in [4.78, 5) is 4.24. The van der Waals surface area contributed by atoms with Crippen LogP contribution in [0.5, 0.6) is 0 Å². The van der Waals surface area contributed by atoms with E-state index in [1.807, 2.05) is 30.3 Å². The van der Waals surface area contributed by atoms with Gasteiger partial charge in [-0.15, -0.1) is 5.10 Å². The Morgan fingerprint density at radius 1 is 0.920 bits per heavy atom. The molecule has 128 valence electrons. The lowest BCUT2D eigenvalue weighted by molar-refractivity contribution is -0.137. The third-order valence-electron chi connectivity index (χ3n) is 3.34. The summed E-state index contributed by atoms with van der Waals surface area (Å²) in [6.07, 6.45) is -2.89.